The van der Waals surface area contributed by atoms with E-state index >= 15 is 0 Å². The van der Waals surface area contributed by atoms with Crippen LogP contribution in [0.4, 0.5) is 0 Å². The Morgan fingerprint density at radius 1 is 0.762 bits per heavy atom. The number of hydrogen-bond donors (Lipinski definition) is 0. The van der Waals surface area contributed by atoms with Gasteiger partial charge in [-0.2, -0.15) is 0 Å². The molecule has 0 aromatic heterocycles. The summed E-state index contributed by atoms with van der Waals surface area (Å²) in [5.41, 5.74) is 2.72. The van der Waals surface area contributed by atoms with E-state index < -0.39 is 0 Å². The van der Waals surface area contributed by atoms with E-state index in [0.29, 0.717) is 0 Å². The van der Waals surface area contributed by atoms with Crippen molar-refractivity contribution in [2.24, 2.45) is 0 Å². The van der Waals surface area contributed by atoms with Crippen LogP contribution in [0.5, 0.6) is 0 Å². The molecule has 0 aliphatic carbocycles. The molecule has 0 saturated carbocycles. The smallest absolute Gasteiger partial charge is 0.0237 e. The molecule has 0 aliphatic rings. The highest BCUT2D eigenvalue weighted by atomic mass is 79.9. The van der Waals surface area contributed by atoms with Crippen molar-refractivity contribution < 1.29 is 0 Å². The van der Waals surface area contributed by atoms with Gasteiger partial charge in [-0.05, 0) is 37.4 Å². The number of rotatable bonds is 7. The molecular formula is C18H23BrN2. The molecule has 2 aromatic carbocycles. The summed E-state index contributed by atoms with van der Waals surface area (Å²) >= 11 is 3.49. The van der Waals surface area contributed by atoms with E-state index in [-0.39, 0.29) is 0 Å². The highest BCUT2D eigenvalue weighted by Crippen LogP contribution is 2.14. The van der Waals surface area contributed by atoms with Gasteiger partial charge in [0.05, 0.1) is 0 Å². The molecule has 0 atom stereocenters. The summed E-state index contributed by atoms with van der Waals surface area (Å²) in [6, 6.07) is 19.3. The first-order chi connectivity index (χ1) is 10.1. The predicted molar refractivity (Wildman–Crippen MR) is 93.3 cm³/mol. The summed E-state index contributed by atoms with van der Waals surface area (Å²) in [4.78, 5) is 4.73. The van der Waals surface area contributed by atoms with Crippen LogP contribution in [-0.4, -0.2) is 37.0 Å². The lowest BCUT2D eigenvalue weighted by atomic mass is 10.1. The second kappa shape index (κ2) is 8.32. The number of benzene rings is 2. The van der Waals surface area contributed by atoms with Gasteiger partial charge in [-0.15, -0.1) is 0 Å². The minimum absolute atomic E-state index is 0.982. The van der Waals surface area contributed by atoms with Crippen molar-refractivity contribution in [3.63, 3.8) is 0 Å². The molecule has 3 heteroatoms. The van der Waals surface area contributed by atoms with Crippen molar-refractivity contribution in [3.8, 4) is 0 Å². The average molecular weight is 347 g/mol. The molecule has 2 aromatic rings. The van der Waals surface area contributed by atoms with Crippen LogP contribution < -0.4 is 0 Å². The van der Waals surface area contributed by atoms with Crippen LogP contribution in [-0.2, 0) is 13.1 Å². The lowest BCUT2D eigenvalue weighted by Crippen LogP contribution is -2.31. The SMILES string of the molecule is CN(C)CCN(Cc1ccccc1)Cc1ccc(Br)cc1. The lowest BCUT2D eigenvalue weighted by Gasteiger charge is -2.24. The van der Waals surface area contributed by atoms with Gasteiger partial charge in [0.1, 0.15) is 0 Å². The summed E-state index contributed by atoms with van der Waals surface area (Å²) in [6.45, 7) is 4.11. The zero-order valence-corrected chi connectivity index (χ0v) is 14.4. The second-order valence-corrected chi connectivity index (χ2v) is 6.54. The molecule has 0 unspecified atom stereocenters. The highest BCUT2D eigenvalue weighted by Gasteiger charge is 2.07. The van der Waals surface area contributed by atoms with Crippen molar-refractivity contribution in [2.45, 2.75) is 13.1 Å². The van der Waals surface area contributed by atoms with Gasteiger partial charge in [0.2, 0.25) is 0 Å². The van der Waals surface area contributed by atoms with Crippen molar-refractivity contribution in [3.05, 3.63) is 70.2 Å². The molecule has 21 heavy (non-hydrogen) atoms. The Balaban J connectivity index is 2.02. The van der Waals surface area contributed by atoms with Crippen molar-refractivity contribution >= 4 is 15.9 Å². The van der Waals surface area contributed by atoms with Crippen molar-refractivity contribution in [1.82, 2.24) is 9.80 Å². The molecule has 0 radical (unpaired) electrons. The molecule has 0 fully saturated rings. The van der Waals surface area contributed by atoms with E-state index in [9.17, 15) is 0 Å². The maximum atomic E-state index is 3.49. The van der Waals surface area contributed by atoms with Gasteiger partial charge in [-0.3, -0.25) is 4.90 Å². The molecule has 0 amide bonds. The van der Waals surface area contributed by atoms with Crippen LogP contribution in [0.3, 0.4) is 0 Å². The van der Waals surface area contributed by atoms with Crippen molar-refractivity contribution in [2.75, 3.05) is 27.2 Å². The van der Waals surface area contributed by atoms with Gasteiger partial charge in [-0.1, -0.05) is 58.4 Å². The van der Waals surface area contributed by atoms with Crippen LogP contribution in [0.25, 0.3) is 0 Å². The predicted octanol–water partition coefficient (Wildman–Crippen LogP) is 4.01. The number of nitrogens with zero attached hydrogens (tertiary/aromatic N) is 2. The van der Waals surface area contributed by atoms with Gasteiger partial charge in [0, 0.05) is 30.7 Å². The summed E-state index contributed by atoms with van der Waals surface area (Å²) in [5.74, 6) is 0. The monoisotopic (exact) mass is 346 g/mol. The third kappa shape index (κ3) is 6.00. The van der Waals surface area contributed by atoms with Crippen LogP contribution in [0.1, 0.15) is 11.1 Å². The fourth-order valence-electron chi connectivity index (χ4n) is 2.25. The third-order valence-corrected chi connectivity index (χ3v) is 3.96. The van der Waals surface area contributed by atoms with E-state index in [4.69, 9.17) is 0 Å². The zero-order chi connectivity index (χ0) is 15.1. The number of halogens is 1. The largest absolute Gasteiger partial charge is 0.308 e. The molecule has 0 aliphatic heterocycles. The molecule has 112 valence electrons. The molecule has 0 spiro atoms. The second-order valence-electron chi connectivity index (χ2n) is 5.63. The van der Waals surface area contributed by atoms with Gasteiger partial charge < -0.3 is 4.90 Å². The van der Waals surface area contributed by atoms with E-state index in [0.717, 1.165) is 30.7 Å². The summed E-state index contributed by atoms with van der Waals surface area (Å²) in [5, 5.41) is 0. The quantitative estimate of drug-likeness (QED) is 0.747. The maximum absolute atomic E-state index is 3.49. The summed E-state index contributed by atoms with van der Waals surface area (Å²) in [6.07, 6.45) is 0. The molecule has 0 saturated heterocycles. The zero-order valence-electron chi connectivity index (χ0n) is 12.8. The Hall–Kier alpha value is -1.16. The molecule has 0 bridgehead atoms. The normalized spacial score (nSPS) is 11.3. The van der Waals surface area contributed by atoms with Crippen LogP contribution in [0.15, 0.2) is 59.1 Å². The Labute approximate surface area is 136 Å². The minimum Gasteiger partial charge on any atom is -0.308 e. The van der Waals surface area contributed by atoms with Gasteiger partial charge >= 0.3 is 0 Å². The number of hydrogen-bond acceptors (Lipinski definition) is 2. The third-order valence-electron chi connectivity index (χ3n) is 3.43. The first-order valence-corrected chi connectivity index (χ1v) is 8.08. The first kappa shape index (κ1) is 16.2. The fraction of sp³-hybridized carbons (Fsp3) is 0.333. The molecular weight excluding hydrogens is 324 g/mol. The van der Waals surface area contributed by atoms with Crippen LogP contribution in [0, 0.1) is 0 Å². The molecule has 2 nitrogen and oxygen atoms in total. The van der Waals surface area contributed by atoms with Gasteiger partial charge in [-0.25, -0.2) is 0 Å². The Kier molecular flexibility index (Phi) is 6.43. The maximum Gasteiger partial charge on any atom is 0.0237 e. The topological polar surface area (TPSA) is 6.48 Å². The van der Waals surface area contributed by atoms with E-state index in [1.54, 1.807) is 0 Å². The summed E-state index contributed by atoms with van der Waals surface area (Å²) in [7, 11) is 4.25. The number of likely N-dealkylation sites (N-methyl/N-ethyl adjacent to an activating group) is 1. The Morgan fingerprint density at radius 3 is 1.90 bits per heavy atom. The van der Waals surface area contributed by atoms with Gasteiger partial charge in [0.25, 0.3) is 0 Å². The molecule has 0 N–H and O–H groups in total. The van der Waals surface area contributed by atoms with E-state index in [1.807, 2.05) is 0 Å². The van der Waals surface area contributed by atoms with Crippen molar-refractivity contribution in [1.29, 1.82) is 0 Å². The lowest BCUT2D eigenvalue weighted by molar-refractivity contribution is 0.226. The Morgan fingerprint density at radius 2 is 1.33 bits per heavy atom. The molecule has 2 rings (SSSR count). The van der Waals surface area contributed by atoms with E-state index in [1.165, 1.54) is 11.1 Å². The Bertz CT molecular complexity index is 523. The van der Waals surface area contributed by atoms with E-state index in [2.05, 4.69) is 94.4 Å². The first-order valence-electron chi connectivity index (χ1n) is 7.29. The van der Waals surface area contributed by atoms with Gasteiger partial charge in [0.15, 0.2) is 0 Å². The standard InChI is InChI=1S/C18H23BrN2/c1-20(2)12-13-21(14-16-6-4-3-5-7-16)15-17-8-10-18(19)11-9-17/h3-11H,12-15H2,1-2H3. The highest BCUT2D eigenvalue weighted by molar-refractivity contribution is 9.10. The fourth-order valence-corrected chi connectivity index (χ4v) is 2.51. The summed E-state index contributed by atoms with van der Waals surface area (Å²) < 4.78 is 1.13. The minimum atomic E-state index is 0.982. The average Bonchev–Trinajstić information content (AvgIpc) is 2.48. The molecule has 0 heterocycles. The van der Waals surface area contributed by atoms with Crippen LogP contribution >= 0.6 is 15.9 Å². The van der Waals surface area contributed by atoms with Crippen LogP contribution in [0.2, 0.25) is 0 Å².